The minimum atomic E-state index is -3.18. The number of nitrogens with one attached hydrogen (secondary N) is 2. The van der Waals surface area contributed by atoms with E-state index in [1.165, 1.54) is 18.4 Å². The molecular formula is C28H25FN8O2S. The smallest absolute Gasteiger partial charge is 0.178 e. The van der Waals surface area contributed by atoms with Gasteiger partial charge in [0, 0.05) is 43.9 Å². The fourth-order valence-electron chi connectivity index (χ4n) is 4.55. The summed E-state index contributed by atoms with van der Waals surface area (Å²) in [6.45, 7) is 0. The molecule has 10 nitrogen and oxygen atoms in total. The number of H-pyrrole nitrogens is 2. The summed E-state index contributed by atoms with van der Waals surface area (Å²) in [6.07, 6.45) is 6.54. The summed E-state index contributed by atoms with van der Waals surface area (Å²) in [5.41, 5.74) is 7.35. The highest BCUT2D eigenvalue weighted by Gasteiger charge is 2.18. The maximum Gasteiger partial charge on any atom is 0.178 e. The Morgan fingerprint density at radius 2 is 1.85 bits per heavy atom. The first-order chi connectivity index (χ1) is 19.1. The summed E-state index contributed by atoms with van der Waals surface area (Å²) < 4.78 is 37.8. The number of pyridine rings is 3. The van der Waals surface area contributed by atoms with Gasteiger partial charge in [-0.2, -0.15) is 5.10 Å². The SMILES string of the molecule is CN(C)c1cncc(-c2ccc3[nH]nc(-c4nc5nccc(-c6cc(F)cc(CCS(C)(=O)=O)c6)c5[nH]4)c3n2)c1. The fraction of sp³-hybridized carbons (Fsp3) is 0.179. The van der Waals surface area contributed by atoms with E-state index < -0.39 is 15.7 Å². The Labute approximate surface area is 229 Å². The zero-order valence-electron chi connectivity index (χ0n) is 22.0. The van der Waals surface area contributed by atoms with Crippen molar-refractivity contribution in [3.8, 4) is 33.9 Å². The lowest BCUT2D eigenvalue weighted by atomic mass is 10.0. The second-order valence-electron chi connectivity index (χ2n) is 9.86. The number of sulfone groups is 1. The Balaban J connectivity index is 1.42. The maximum absolute atomic E-state index is 14.6. The van der Waals surface area contributed by atoms with Crippen molar-refractivity contribution in [1.82, 2.24) is 35.1 Å². The molecule has 0 bridgehead atoms. The molecule has 40 heavy (non-hydrogen) atoms. The third kappa shape index (κ3) is 5.00. The van der Waals surface area contributed by atoms with Crippen LogP contribution in [0.4, 0.5) is 10.1 Å². The lowest BCUT2D eigenvalue weighted by Crippen LogP contribution is -2.08. The second kappa shape index (κ2) is 9.79. The van der Waals surface area contributed by atoms with Crippen molar-refractivity contribution in [2.75, 3.05) is 31.0 Å². The highest BCUT2D eigenvalue weighted by Crippen LogP contribution is 2.32. The lowest BCUT2D eigenvalue weighted by molar-refractivity contribution is 0.600. The van der Waals surface area contributed by atoms with Crippen molar-refractivity contribution >= 4 is 37.7 Å². The van der Waals surface area contributed by atoms with E-state index in [1.807, 2.05) is 37.2 Å². The van der Waals surface area contributed by atoms with Crippen LogP contribution in [0.2, 0.25) is 0 Å². The lowest BCUT2D eigenvalue weighted by Gasteiger charge is -2.12. The number of anilines is 1. The average molecular weight is 557 g/mol. The van der Waals surface area contributed by atoms with Crippen LogP contribution in [-0.4, -0.2) is 69.6 Å². The van der Waals surface area contributed by atoms with E-state index in [0.29, 0.717) is 44.9 Å². The van der Waals surface area contributed by atoms with Crippen LogP contribution < -0.4 is 4.90 Å². The van der Waals surface area contributed by atoms with Gasteiger partial charge in [0.2, 0.25) is 0 Å². The molecule has 5 heterocycles. The Kier molecular flexibility index (Phi) is 6.26. The van der Waals surface area contributed by atoms with Gasteiger partial charge in [-0.1, -0.05) is 6.07 Å². The van der Waals surface area contributed by atoms with E-state index >= 15 is 0 Å². The summed E-state index contributed by atoms with van der Waals surface area (Å²) in [5, 5.41) is 7.48. The van der Waals surface area contributed by atoms with E-state index in [4.69, 9.17) is 4.98 Å². The number of hydrogen-bond donors (Lipinski definition) is 2. The van der Waals surface area contributed by atoms with E-state index in [-0.39, 0.29) is 12.2 Å². The van der Waals surface area contributed by atoms with E-state index in [2.05, 4.69) is 30.1 Å². The Morgan fingerprint density at radius 1 is 1.00 bits per heavy atom. The fourth-order valence-corrected chi connectivity index (χ4v) is 5.16. The van der Waals surface area contributed by atoms with Crippen molar-refractivity contribution in [3.05, 3.63) is 72.4 Å². The van der Waals surface area contributed by atoms with Gasteiger partial charge in [-0.15, -0.1) is 0 Å². The average Bonchev–Trinajstić information content (AvgIpc) is 3.55. The molecule has 0 spiro atoms. The zero-order chi connectivity index (χ0) is 28.0. The van der Waals surface area contributed by atoms with Gasteiger partial charge in [0.15, 0.2) is 17.2 Å². The molecular weight excluding hydrogens is 531 g/mol. The molecule has 12 heteroatoms. The molecule has 0 aliphatic rings. The van der Waals surface area contributed by atoms with Crippen LogP contribution in [0.25, 0.3) is 56.1 Å². The van der Waals surface area contributed by atoms with E-state index in [0.717, 1.165) is 22.5 Å². The second-order valence-corrected chi connectivity index (χ2v) is 12.1. The Hall–Kier alpha value is -4.71. The first-order valence-electron chi connectivity index (χ1n) is 12.5. The number of hydrogen-bond acceptors (Lipinski definition) is 8. The predicted molar refractivity (Wildman–Crippen MR) is 153 cm³/mol. The topological polar surface area (TPSA) is 133 Å². The number of rotatable bonds is 7. The number of aromatic amines is 2. The molecule has 2 N–H and O–H groups in total. The summed E-state index contributed by atoms with van der Waals surface area (Å²) in [5.74, 6) is -0.0553. The molecule has 0 fully saturated rings. The standard InChI is InChI=1S/C28H25FN8O2S/c1-37(2)20-13-18(14-30-15-20)22-4-5-23-25(32-22)26(36-35-23)28-33-24-21(6-8-31-27(24)34-28)17-10-16(11-19(29)12-17)7-9-40(3,38)39/h4-6,8,10-15H,7,9H2,1-3H3,(H,35,36)(H,31,33,34). The molecule has 0 radical (unpaired) electrons. The quantitative estimate of drug-likeness (QED) is 0.295. The van der Waals surface area contributed by atoms with Crippen molar-refractivity contribution in [2.24, 2.45) is 0 Å². The van der Waals surface area contributed by atoms with Gasteiger partial charge in [-0.25, -0.2) is 27.8 Å². The molecule has 5 aromatic heterocycles. The largest absolute Gasteiger partial charge is 0.376 e. The molecule has 1 aromatic carbocycles. The van der Waals surface area contributed by atoms with Gasteiger partial charge >= 0.3 is 0 Å². The van der Waals surface area contributed by atoms with Crippen molar-refractivity contribution < 1.29 is 12.8 Å². The van der Waals surface area contributed by atoms with Crippen LogP contribution in [0.1, 0.15) is 5.56 Å². The predicted octanol–water partition coefficient (Wildman–Crippen LogP) is 4.42. The van der Waals surface area contributed by atoms with Crippen LogP contribution in [0.15, 0.2) is 61.1 Å². The Morgan fingerprint density at radius 3 is 2.65 bits per heavy atom. The summed E-state index contributed by atoms with van der Waals surface area (Å²) >= 11 is 0. The molecule has 202 valence electrons. The molecule has 0 amide bonds. The monoisotopic (exact) mass is 556 g/mol. The molecule has 0 atom stereocenters. The molecule has 6 aromatic rings. The van der Waals surface area contributed by atoms with Gasteiger partial charge in [-0.05, 0) is 53.9 Å². The van der Waals surface area contributed by atoms with Gasteiger partial charge in [0.1, 0.15) is 21.2 Å². The number of fused-ring (bicyclic) bond motifs is 2. The van der Waals surface area contributed by atoms with Crippen LogP contribution in [0.5, 0.6) is 0 Å². The van der Waals surface area contributed by atoms with Crippen LogP contribution >= 0.6 is 0 Å². The number of aromatic nitrogens is 7. The maximum atomic E-state index is 14.6. The minimum Gasteiger partial charge on any atom is -0.376 e. The first kappa shape index (κ1) is 25.6. The van der Waals surface area contributed by atoms with Crippen LogP contribution in [-0.2, 0) is 16.3 Å². The van der Waals surface area contributed by atoms with Crippen molar-refractivity contribution in [3.63, 3.8) is 0 Å². The molecule has 0 saturated heterocycles. The normalized spacial score (nSPS) is 11.9. The van der Waals surface area contributed by atoms with Gasteiger partial charge in [-0.3, -0.25) is 10.1 Å². The molecule has 0 aliphatic heterocycles. The number of aryl methyl sites for hydroxylation is 1. The summed E-state index contributed by atoms with van der Waals surface area (Å²) in [4.78, 5) is 23.5. The zero-order valence-corrected chi connectivity index (χ0v) is 22.8. The molecule has 6 rings (SSSR count). The van der Waals surface area contributed by atoms with Gasteiger partial charge < -0.3 is 9.88 Å². The van der Waals surface area contributed by atoms with Crippen LogP contribution in [0, 0.1) is 5.82 Å². The Bertz CT molecular complexity index is 2000. The number of halogens is 1. The van der Waals surface area contributed by atoms with E-state index in [1.54, 1.807) is 30.7 Å². The minimum absolute atomic E-state index is 0.0629. The summed E-state index contributed by atoms with van der Waals surface area (Å²) in [6, 6.07) is 12.2. The highest BCUT2D eigenvalue weighted by molar-refractivity contribution is 7.90. The highest BCUT2D eigenvalue weighted by atomic mass is 32.2. The van der Waals surface area contributed by atoms with Crippen LogP contribution in [0.3, 0.4) is 0 Å². The first-order valence-corrected chi connectivity index (χ1v) is 14.5. The number of imidazole rings is 1. The van der Waals surface area contributed by atoms with Gasteiger partial charge in [0.05, 0.1) is 34.4 Å². The number of benzene rings is 1. The van der Waals surface area contributed by atoms with Gasteiger partial charge in [0.25, 0.3) is 0 Å². The molecule has 0 saturated carbocycles. The summed E-state index contributed by atoms with van der Waals surface area (Å²) in [7, 11) is 0.724. The number of nitrogens with zero attached hydrogens (tertiary/aromatic N) is 6. The van der Waals surface area contributed by atoms with Crippen molar-refractivity contribution in [2.45, 2.75) is 6.42 Å². The third-order valence-corrected chi connectivity index (χ3v) is 7.54. The molecule has 0 aliphatic carbocycles. The van der Waals surface area contributed by atoms with Crippen molar-refractivity contribution in [1.29, 1.82) is 0 Å². The molecule has 0 unspecified atom stereocenters. The third-order valence-electron chi connectivity index (χ3n) is 6.59. The van der Waals surface area contributed by atoms with E-state index in [9.17, 15) is 12.8 Å².